The highest BCUT2D eigenvalue weighted by molar-refractivity contribution is 5.83. The topological polar surface area (TPSA) is 49.3 Å². The molecule has 3 nitrogen and oxygen atoms in total. The van der Waals surface area contributed by atoms with Gasteiger partial charge in [0.2, 0.25) is 5.91 Å². The molecule has 0 aromatic heterocycles. The van der Waals surface area contributed by atoms with Crippen LogP contribution < -0.4 is 5.32 Å². The summed E-state index contributed by atoms with van der Waals surface area (Å²) >= 11 is 0. The SMILES string of the molecule is O=C(NC(CCO)C1CC1)C12CC3CC(CC(C3)C1)C2. The van der Waals surface area contributed by atoms with Crippen molar-refractivity contribution < 1.29 is 9.90 Å². The number of nitrogens with one attached hydrogen (secondary N) is 1. The first-order valence-electron chi connectivity index (χ1n) is 8.60. The van der Waals surface area contributed by atoms with Crippen LogP contribution in [0, 0.1) is 29.1 Å². The van der Waals surface area contributed by atoms with Crippen LogP contribution in [0.25, 0.3) is 0 Å². The Bertz CT molecular complexity index is 367. The van der Waals surface area contributed by atoms with Crippen molar-refractivity contribution >= 4 is 5.91 Å². The second kappa shape index (κ2) is 4.72. The predicted octanol–water partition coefficient (Wildman–Crippen LogP) is 2.48. The lowest BCUT2D eigenvalue weighted by Gasteiger charge is -2.55. The minimum absolute atomic E-state index is 0.0304. The smallest absolute Gasteiger partial charge is 0.226 e. The van der Waals surface area contributed by atoms with Gasteiger partial charge in [0.15, 0.2) is 0 Å². The molecule has 0 saturated heterocycles. The van der Waals surface area contributed by atoms with Gasteiger partial charge in [-0.1, -0.05) is 0 Å². The Labute approximate surface area is 121 Å². The van der Waals surface area contributed by atoms with Gasteiger partial charge in [0.05, 0.1) is 0 Å². The van der Waals surface area contributed by atoms with E-state index >= 15 is 0 Å². The summed E-state index contributed by atoms with van der Waals surface area (Å²) in [4.78, 5) is 12.9. The molecule has 112 valence electrons. The number of carbonyl (C=O) groups excluding carboxylic acids is 1. The highest BCUT2D eigenvalue weighted by atomic mass is 16.3. The molecule has 0 spiro atoms. The van der Waals surface area contributed by atoms with Gasteiger partial charge < -0.3 is 10.4 Å². The predicted molar refractivity (Wildman–Crippen MR) is 77.0 cm³/mol. The summed E-state index contributed by atoms with van der Waals surface area (Å²) in [5.74, 6) is 3.44. The van der Waals surface area contributed by atoms with Crippen molar-refractivity contribution in [1.29, 1.82) is 0 Å². The monoisotopic (exact) mass is 277 g/mol. The van der Waals surface area contributed by atoms with Gasteiger partial charge in [0.25, 0.3) is 0 Å². The van der Waals surface area contributed by atoms with Crippen molar-refractivity contribution in [3.8, 4) is 0 Å². The van der Waals surface area contributed by atoms with E-state index in [9.17, 15) is 9.90 Å². The summed E-state index contributed by atoms with van der Waals surface area (Å²) in [5.41, 5.74) is -0.0304. The lowest BCUT2D eigenvalue weighted by atomic mass is 9.49. The van der Waals surface area contributed by atoms with Crippen LogP contribution in [-0.4, -0.2) is 23.7 Å². The van der Waals surface area contributed by atoms with E-state index in [-0.39, 0.29) is 18.1 Å². The van der Waals surface area contributed by atoms with Crippen LogP contribution in [0.4, 0.5) is 0 Å². The first-order valence-corrected chi connectivity index (χ1v) is 8.60. The Balaban J connectivity index is 1.47. The highest BCUT2D eigenvalue weighted by Gasteiger charge is 2.55. The quantitative estimate of drug-likeness (QED) is 0.811. The van der Waals surface area contributed by atoms with E-state index in [4.69, 9.17) is 0 Å². The number of hydrogen-bond acceptors (Lipinski definition) is 2. The molecule has 0 heterocycles. The van der Waals surface area contributed by atoms with E-state index in [1.54, 1.807) is 0 Å². The summed E-state index contributed by atoms with van der Waals surface area (Å²) in [6.07, 6.45) is 10.8. The molecule has 0 radical (unpaired) electrons. The average Bonchev–Trinajstić information content (AvgIpc) is 3.20. The molecule has 1 amide bonds. The van der Waals surface area contributed by atoms with E-state index in [0.29, 0.717) is 11.8 Å². The number of carbonyl (C=O) groups is 1. The molecule has 5 fully saturated rings. The van der Waals surface area contributed by atoms with E-state index in [2.05, 4.69) is 5.32 Å². The van der Waals surface area contributed by atoms with Gasteiger partial charge in [0.1, 0.15) is 0 Å². The molecule has 0 aliphatic heterocycles. The van der Waals surface area contributed by atoms with E-state index in [1.807, 2.05) is 0 Å². The van der Waals surface area contributed by atoms with E-state index < -0.39 is 0 Å². The Morgan fingerprint density at radius 2 is 1.65 bits per heavy atom. The van der Waals surface area contributed by atoms with Crippen molar-refractivity contribution in [2.75, 3.05) is 6.61 Å². The Hall–Kier alpha value is -0.570. The summed E-state index contributed by atoms with van der Waals surface area (Å²) in [6.45, 7) is 0.197. The molecule has 5 aliphatic carbocycles. The zero-order valence-corrected chi connectivity index (χ0v) is 12.3. The number of rotatable bonds is 5. The number of amides is 1. The normalized spacial score (nSPS) is 43.5. The molecule has 5 rings (SSSR count). The van der Waals surface area contributed by atoms with Gasteiger partial charge in [-0.2, -0.15) is 0 Å². The van der Waals surface area contributed by atoms with Crippen molar-refractivity contribution in [3.05, 3.63) is 0 Å². The fourth-order valence-corrected chi connectivity index (χ4v) is 5.77. The van der Waals surface area contributed by atoms with Crippen LogP contribution in [0.15, 0.2) is 0 Å². The molecule has 3 heteroatoms. The van der Waals surface area contributed by atoms with E-state index in [1.165, 1.54) is 32.1 Å². The molecule has 5 aliphatic rings. The highest BCUT2D eigenvalue weighted by Crippen LogP contribution is 2.60. The maximum absolute atomic E-state index is 12.9. The second-order valence-electron chi connectivity index (χ2n) is 8.13. The van der Waals surface area contributed by atoms with Gasteiger partial charge in [-0.15, -0.1) is 0 Å². The maximum atomic E-state index is 12.9. The maximum Gasteiger partial charge on any atom is 0.226 e. The van der Waals surface area contributed by atoms with Gasteiger partial charge in [-0.05, 0) is 81.5 Å². The number of aliphatic hydroxyl groups is 1. The van der Waals surface area contributed by atoms with Gasteiger partial charge in [0, 0.05) is 18.1 Å². The first kappa shape index (κ1) is 13.1. The zero-order chi connectivity index (χ0) is 13.7. The van der Waals surface area contributed by atoms with Crippen LogP contribution in [-0.2, 0) is 4.79 Å². The lowest BCUT2D eigenvalue weighted by molar-refractivity contribution is -0.147. The largest absolute Gasteiger partial charge is 0.396 e. The first-order chi connectivity index (χ1) is 9.68. The third-order valence-electron chi connectivity index (χ3n) is 6.47. The van der Waals surface area contributed by atoms with Crippen LogP contribution in [0.2, 0.25) is 0 Å². The van der Waals surface area contributed by atoms with Gasteiger partial charge in [-0.25, -0.2) is 0 Å². The third kappa shape index (κ3) is 2.18. The average molecular weight is 277 g/mol. The second-order valence-corrected chi connectivity index (χ2v) is 8.13. The molecule has 20 heavy (non-hydrogen) atoms. The Kier molecular flexibility index (Phi) is 3.10. The molecule has 5 saturated carbocycles. The molecule has 2 N–H and O–H groups in total. The zero-order valence-electron chi connectivity index (χ0n) is 12.3. The molecule has 1 unspecified atom stereocenters. The van der Waals surface area contributed by atoms with Crippen molar-refractivity contribution in [3.63, 3.8) is 0 Å². The van der Waals surface area contributed by atoms with Crippen molar-refractivity contribution in [2.24, 2.45) is 29.1 Å². The van der Waals surface area contributed by atoms with Crippen LogP contribution >= 0.6 is 0 Å². The summed E-state index contributed by atoms with van der Waals surface area (Å²) in [5, 5.41) is 12.5. The van der Waals surface area contributed by atoms with E-state index in [0.717, 1.165) is 43.4 Å². The standard InChI is InChI=1S/C17H27NO2/c19-4-3-15(14-1-2-14)18-16(20)17-8-11-5-12(9-17)7-13(6-11)10-17/h11-15,19H,1-10H2,(H,18,20). The fourth-order valence-electron chi connectivity index (χ4n) is 5.77. The summed E-state index contributed by atoms with van der Waals surface area (Å²) < 4.78 is 0. The summed E-state index contributed by atoms with van der Waals surface area (Å²) in [7, 11) is 0. The molecule has 0 aromatic carbocycles. The molecule has 4 bridgehead atoms. The molecular weight excluding hydrogens is 250 g/mol. The van der Waals surface area contributed by atoms with Crippen LogP contribution in [0.3, 0.4) is 0 Å². The minimum Gasteiger partial charge on any atom is -0.396 e. The van der Waals surface area contributed by atoms with Crippen LogP contribution in [0.1, 0.15) is 57.8 Å². The Morgan fingerprint density at radius 3 is 2.10 bits per heavy atom. The van der Waals surface area contributed by atoms with Crippen molar-refractivity contribution in [2.45, 2.75) is 63.8 Å². The minimum atomic E-state index is -0.0304. The molecule has 0 aromatic rings. The summed E-state index contributed by atoms with van der Waals surface area (Å²) in [6, 6.07) is 0.237. The van der Waals surface area contributed by atoms with Crippen LogP contribution in [0.5, 0.6) is 0 Å². The molecule has 1 atom stereocenters. The number of aliphatic hydroxyl groups excluding tert-OH is 1. The number of hydrogen-bond donors (Lipinski definition) is 2. The van der Waals surface area contributed by atoms with Gasteiger partial charge in [-0.3, -0.25) is 4.79 Å². The lowest BCUT2D eigenvalue weighted by Crippen LogP contribution is -2.55. The van der Waals surface area contributed by atoms with Gasteiger partial charge >= 0.3 is 0 Å². The van der Waals surface area contributed by atoms with Crippen molar-refractivity contribution in [1.82, 2.24) is 5.32 Å². The fraction of sp³-hybridized carbons (Fsp3) is 0.941. The Morgan fingerprint density at radius 1 is 1.10 bits per heavy atom. The molecular formula is C17H27NO2. The third-order valence-corrected chi connectivity index (χ3v) is 6.47.